The van der Waals surface area contributed by atoms with Gasteiger partial charge in [0.05, 0.1) is 5.75 Å². The monoisotopic (exact) mass is 299 g/mol. The summed E-state index contributed by atoms with van der Waals surface area (Å²) in [5, 5.41) is 8.85. The first-order valence-electron chi connectivity index (χ1n) is 6.13. The average Bonchev–Trinajstić information content (AvgIpc) is 2.36. The molecule has 0 saturated heterocycles. The van der Waals surface area contributed by atoms with Crippen LogP contribution in [0.25, 0.3) is 0 Å². The molecule has 0 radical (unpaired) electrons. The second-order valence-electron chi connectivity index (χ2n) is 4.30. The number of carboxylic acids is 1. The molecule has 20 heavy (non-hydrogen) atoms. The van der Waals surface area contributed by atoms with E-state index in [0.29, 0.717) is 12.1 Å². The van der Waals surface area contributed by atoms with Crippen LogP contribution in [0.2, 0.25) is 0 Å². The topological polar surface area (TPSA) is 91.8 Å². The van der Waals surface area contributed by atoms with Crippen molar-refractivity contribution in [1.82, 2.24) is 0 Å². The van der Waals surface area contributed by atoms with E-state index in [9.17, 15) is 18.0 Å². The standard InChI is InChI=1S/C13H17NO5S/c1-2-8-20(18,19)10-12(15)14(9-13(16)17)11-6-4-3-5-7-11/h3-7H,2,8-10H2,1H3,(H,16,17). The van der Waals surface area contributed by atoms with Crippen molar-refractivity contribution < 1.29 is 23.1 Å². The van der Waals surface area contributed by atoms with Crippen LogP contribution in [-0.2, 0) is 19.4 Å². The largest absolute Gasteiger partial charge is 0.480 e. The van der Waals surface area contributed by atoms with Crippen LogP contribution in [0.5, 0.6) is 0 Å². The summed E-state index contributed by atoms with van der Waals surface area (Å²) in [4.78, 5) is 23.9. The van der Waals surface area contributed by atoms with Crippen molar-refractivity contribution in [3.63, 3.8) is 0 Å². The van der Waals surface area contributed by atoms with Crippen molar-refractivity contribution in [3.8, 4) is 0 Å². The molecule has 7 heteroatoms. The van der Waals surface area contributed by atoms with Gasteiger partial charge in [0.1, 0.15) is 12.3 Å². The average molecular weight is 299 g/mol. The van der Waals surface area contributed by atoms with Crippen molar-refractivity contribution in [1.29, 1.82) is 0 Å². The van der Waals surface area contributed by atoms with E-state index in [1.165, 1.54) is 0 Å². The van der Waals surface area contributed by atoms with Crippen molar-refractivity contribution in [2.24, 2.45) is 0 Å². The van der Waals surface area contributed by atoms with E-state index in [-0.39, 0.29) is 5.75 Å². The lowest BCUT2D eigenvalue weighted by molar-refractivity contribution is -0.136. The summed E-state index contributed by atoms with van der Waals surface area (Å²) in [6.07, 6.45) is 0.417. The molecule has 0 heterocycles. The van der Waals surface area contributed by atoms with Crippen molar-refractivity contribution in [3.05, 3.63) is 30.3 Å². The van der Waals surface area contributed by atoms with Crippen LogP contribution in [0, 0.1) is 0 Å². The molecule has 0 aliphatic rings. The molecular weight excluding hydrogens is 282 g/mol. The first-order chi connectivity index (χ1) is 9.35. The number of anilines is 1. The first-order valence-corrected chi connectivity index (χ1v) is 7.95. The normalized spacial score (nSPS) is 11.1. The highest BCUT2D eigenvalue weighted by atomic mass is 32.2. The number of carboxylic acid groups (broad SMARTS) is 1. The molecule has 0 aromatic heterocycles. The van der Waals surface area contributed by atoms with E-state index < -0.39 is 34.0 Å². The number of nitrogens with zero attached hydrogens (tertiary/aromatic N) is 1. The Kier molecular flexibility index (Phi) is 5.69. The predicted molar refractivity (Wildman–Crippen MR) is 75.4 cm³/mol. The van der Waals surface area contributed by atoms with Gasteiger partial charge in [0.15, 0.2) is 9.84 Å². The second-order valence-corrected chi connectivity index (χ2v) is 6.49. The van der Waals surface area contributed by atoms with E-state index >= 15 is 0 Å². The van der Waals surface area contributed by atoms with Gasteiger partial charge < -0.3 is 10.0 Å². The van der Waals surface area contributed by atoms with E-state index in [0.717, 1.165) is 4.90 Å². The Bertz CT molecular complexity index is 568. The maximum absolute atomic E-state index is 12.1. The third-order valence-corrected chi connectivity index (χ3v) is 4.24. The van der Waals surface area contributed by atoms with Gasteiger partial charge in [-0.3, -0.25) is 9.59 Å². The molecule has 0 unspecified atom stereocenters. The predicted octanol–water partition coefficient (Wildman–Crippen LogP) is 0.929. The summed E-state index contributed by atoms with van der Waals surface area (Å²) in [7, 11) is -3.50. The Balaban J connectivity index is 2.95. The minimum absolute atomic E-state index is 0.0888. The summed E-state index contributed by atoms with van der Waals surface area (Å²) >= 11 is 0. The number of hydrogen-bond donors (Lipinski definition) is 1. The molecule has 0 fully saturated rings. The first kappa shape index (κ1) is 16.2. The van der Waals surface area contributed by atoms with Gasteiger partial charge >= 0.3 is 5.97 Å². The SMILES string of the molecule is CCCS(=O)(=O)CC(=O)N(CC(=O)O)c1ccccc1. The Labute approximate surface area is 117 Å². The molecule has 0 saturated carbocycles. The smallest absolute Gasteiger partial charge is 0.323 e. The van der Waals surface area contributed by atoms with E-state index in [2.05, 4.69) is 0 Å². The Morgan fingerprint density at radius 2 is 1.80 bits per heavy atom. The highest BCUT2D eigenvalue weighted by molar-refractivity contribution is 7.92. The van der Waals surface area contributed by atoms with Gasteiger partial charge in [0, 0.05) is 5.69 Å². The van der Waals surface area contributed by atoms with Crippen molar-refractivity contribution in [2.75, 3.05) is 23.0 Å². The van der Waals surface area contributed by atoms with E-state index in [1.807, 2.05) is 0 Å². The van der Waals surface area contributed by atoms with Gasteiger partial charge in [0.25, 0.3) is 0 Å². The van der Waals surface area contributed by atoms with Crippen LogP contribution in [0.15, 0.2) is 30.3 Å². The highest BCUT2D eigenvalue weighted by Gasteiger charge is 2.24. The molecular formula is C13H17NO5S. The maximum Gasteiger partial charge on any atom is 0.323 e. The van der Waals surface area contributed by atoms with Crippen LogP contribution in [0.4, 0.5) is 5.69 Å². The summed E-state index contributed by atoms with van der Waals surface area (Å²) in [6, 6.07) is 8.15. The number of rotatable bonds is 7. The summed E-state index contributed by atoms with van der Waals surface area (Å²) in [5.41, 5.74) is 0.367. The molecule has 1 aromatic rings. The third kappa shape index (κ3) is 5.00. The second kappa shape index (κ2) is 7.04. The van der Waals surface area contributed by atoms with Crippen molar-refractivity contribution in [2.45, 2.75) is 13.3 Å². The number of hydrogen-bond acceptors (Lipinski definition) is 4. The van der Waals surface area contributed by atoms with E-state index in [4.69, 9.17) is 5.11 Å². The minimum atomic E-state index is -3.50. The molecule has 110 valence electrons. The number of aliphatic carboxylic acids is 1. The fraction of sp³-hybridized carbons (Fsp3) is 0.385. The zero-order valence-electron chi connectivity index (χ0n) is 11.2. The van der Waals surface area contributed by atoms with Crippen LogP contribution in [-0.4, -0.2) is 43.5 Å². The molecule has 0 spiro atoms. The Morgan fingerprint density at radius 1 is 1.20 bits per heavy atom. The molecule has 6 nitrogen and oxygen atoms in total. The lowest BCUT2D eigenvalue weighted by atomic mass is 10.3. The molecule has 1 amide bonds. The van der Waals surface area contributed by atoms with Gasteiger partial charge in [-0.2, -0.15) is 0 Å². The number of para-hydroxylation sites is 1. The van der Waals surface area contributed by atoms with E-state index in [1.54, 1.807) is 37.3 Å². The number of benzene rings is 1. The molecule has 0 atom stereocenters. The number of sulfone groups is 1. The van der Waals surface area contributed by atoms with Gasteiger partial charge in [0.2, 0.25) is 5.91 Å². The maximum atomic E-state index is 12.1. The van der Waals surface area contributed by atoms with Gasteiger partial charge in [-0.05, 0) is 18.6 Å². The number of carbonyl (C=O) groups excluding carboxylic acids is 1. The molecule has 1 rings (SSSR count). The molecule has 1 N–H and O–H groups in total. The van der Waals surface area contributed by atoms with Crippen LogP contribution in [0.3, 0.4) is 0 Å². The summed E-state index contributed by atoms with van der Waals surface area (Å²) in [5.74, 6) is -2.69. The number of amides is 1. The Hall–Kier alpha value is -1.89. The fourth-order valence-corrected chi connectivity index (χ4v) is 3.01. The van der Waals surface area contributed by atoms with Gasteiger partial charge in [-0.15, -0.1) is 0 Å². The molecule has 0 bridgehead atoms. The lowest BCUT2D eigenvalue weighted by Gasteiger charge is -2.20. The van der Waals surface area contributed by atoms with Crippen molar-refractivity contribution >= 4 is 27.4 Å². The summed E-state index contributed by atoms with van der Waals surface area (Å²) < 4.78 is 23.3. The van der Waals surface area contributed by atoms with Gasteiger partial charge in [-0.1, -0.05) is 25.1 Å². The highest BCUT2D eigenvalue weighted by Crippen LogP contribution is 2.14. The molecule has 0 aliphatic carbocycles. The quantitative estimate of drug-likeness (QED) is 0.808. The molecule has 0 aliphatic heterocycles. The minimum Gasteiger partial charge on any atom is -0.480 e. The molecule has 1 aromatic carbocycles. The zero-order chi connectivity index (χ0) is 15.2. The van der Waals surface area contributed by atoms with Crippen LogP contribution in [0.1, 0.15) is 13.3 Å². The number of carbonyl (C=O) groups is 2. The van der Waals surface area contributed by atoms with Crippen LogP contribution < -0.4 is 4.90 Å². The zero-order valence-corrected chi connectivity index (χ0v) is 12.0. The fourth-order valence-electron chi connectivity index (χ4n) is 1.72. The third-order valence-electron chi connectivity index (χ3n) is 2.52. The lowest BCUT2D eigenvalue weighted by Crippen LogP contribution is -2.39. The van der Waals surface area contributed by atoms with Gasteiger partial charge in [-0.25, -0.2) is 8.42 Å². The van der Waals surface area contributed by atoms with Crippen LogP contribution >= 0.6 is 0 Å². The summed E-state index contributed by atoms with van der Waals surface area (Å²) in [6.45, 7) is 1.14. The Morgan fingerprint density at radius 3 is 2.30 bits per heavy atom.